The maximum absolute atomic E-state index is 8.73. The minimum Gasteiger partial charge on any atom is -0.382 e. The third kappa shape index (κ3) is 6.73. The van der Waals surface area contributed by atoms with Gasteiger partial charge in [0.15, 0.2) is 0 Å². The third-order valence-electron chi connectivity index (χ3n) is 2.46. The second kappa shape index (κ2) is 10.5. The van der Waals surface area contributed by atoms with Gasteiger partial charge in [0.05, 0.1) is 55.4 Å². The number of benzene rings is 1. The number of nitriles is 1. The Kier molecular flexibility index (Phi) is 8.76. The summed E-state index contributed by atoms with van der Waals surface area (Å²) in [5, 5.41) is 12.4. The summed E-state index contributed by atoms with van der Waals surface area (Å²) in [6.07, 6.45) is 0. The summed E-state index contributed by atoms with van der Waals surface area (Å²) in [6.45, 7) is 3.48. The molecule has 0 fully saturated rings. The van der Waals surface area contributed by atoms with E-state index >= 15 is 0 Å². The molecule has 0 bridgehead atoms. The van der Waals surface area contributed by atoms with E-state index in [9.17, 15) is 0 Å². The molecule has 0 heterocycles. The van der Waals surface area contributed by atoms with Crippen LogP contribution in [0.1, 0.15) is 5.56 Å². The van der Waals surface area contributed by atoms with Crippen LogP contribution in [0.15, 0.2) is 18.2 Å². The monoisotopic (exact) mass is 298 g/mol. The average Bonchev–Trinajstić information content (AvgIpc) is 2.47. The Morgan fingerprint density at radius 2 is 1.85 bits per heavy atom. The highest BCUT2D eigenvalue weighted by molar-refractivity contribution is 6.33. The van der Waals surface area contributed by atoms with Crippen LogP contribution >= 0.6 is 11.6 Å². The first-order chi connectivity index (χ1) is 9.77. The fourth-order valence-corrected chi connectivity index (χ4v) is 1.70. The smallest absolute Gasteiger partial charge is 0.0992 e. The van der Waals surface area contributed by atoms with Crippen LogP contribution in [0.2, 0.25) is 5.02 Å². The number of rotatable bonds is 10. The molecule has 0 saturated heterocycles. The SMILES string of the molecule is COCCOCCOCCNc1ccc(C#N)cc1Cl. The van der Waals surface area contributed by atoms with Crippen molar-refractivity contribution in [2.24, 2.45) is 0 Å². The van der Waals surface area contributed by atoms with Crippen LogP contribution in [0.4, 0.5) is 5.69 Å². The number of nitrogens with one attached hydrogen (secondary N) is 1. The first-order valence-corrected chi connectivity index (χ1v) is 6.73. The molecule has 1 aromatic rings. The summed E-state index contributed by atoms with van der Waals surface area (Å²) in [7, 11) is 1.64. The second-order valence-electron chi connectivity index (χ2n) is 3.95. The number of ether oxygens (including phenoxy) is 3. The fraction of sp³-hybridized carbons (Fsp3) is 0.500. The molecule has 0 aromatic heterocycles. The first kappa shape index (κ1) is 16.7. The van der Waals surface area contributed by atoms with Gasteiger partial charge in [-0.05, 0) is 18.2 Å². The second-order valence-corrected chi connectivity index (χ2v) is 4.36. The van der Waals surface area contributed by atoms with Crippen LogP contribution in [0.5, 0.6) is 0 Å². The quantitative estimate of drug-likeness (QED) is 0.672. The molecular weight excluding hydrogens is 280 g/mol. The summed E-state index contributed by atoms with van der Waals surface area (Å²) in [6, 6.07) is 7.18. The third-order valence-corrected chi connectivity index (χ3v) is 2.78. The van der Waals surface area contributed by atoms with E-state index in [0.717, 1.165) is 5.69 Å². The lowest BCUT2D eigenvalue weighted by Gasteiger charge is -2.09. The number of halogens is 1. The molecule has 0 atom stereocenters. The minimum absolute atomic E-state index is 0.534. The Morgan fingerprint density at radius 1 is 1.15 bits per heavy atom. The normalized spacial score (nSPS) is 10.2. The van der Waals surface area contributed by atoms with Crippen LogP contribution in [-0.4, -0.2) is 46.7 Å². The zero-order valence-electron chi connectivity index (χ0n) is 11.5. The Morgan fingerprint density at radius 3 is 2.50 bits per heavy atom. The predicted molar refractivity (Wildman–Crippen MR) is 78.2 cm³/mol. The Hall–Kier alpha value is -1.32. The summed E-state index contributed by atoms with van der Waals surface area (Å²) in [5.41, 5.74) is 1.34. The van der Waals surface area contributed by atoms with Gasteiger partial charge in [0.2, 0.25) is 0 Å². The highest BCUT2D eigenvalue weighted by atomic mass is 35.5. The van der Waals surface area contributed by atoms with Crippen molar-refractivity contribution in [2.75, 3.05) is 52.0 Å². The van der Waals surface area contributed by atoms with Gasteiger partial charge in [0.25, 0.3) is 0 Å². The molecular formula is C14H19ClN2O3. The van der Waals surface area contributed by atoms with Crippen LogP contribution in [-0.2, 0) is 14.2 Å². The van der Waals surface area contributed by atoms with E-state index in [-0.39, 0.29) is 0 Å². The molecule has 0 aliphatic rings. The summed E-state index contributed by atoms with van der Waals surface area (Å²) in [5.74, 6) is 0. The molecule has 5 nitrogen and oxygen atoms in total. The zero-order valence-corrected chi connectivity index (χ0v) is 12.3. The molecule has 0 radical (unpaired) electrons. The number of hydrogen-bond acceptors (Lipinski definition) is 5. The molecule has 0 saturated carbocycles. The van der Waals surface area contributed by atoms with E-state index in [1.807, 2.05) is 6.07 Å². The molecule has 110 valence electrons. The maximum atomic E-state index is 8.73. The highest BCUT2D eigenvalue weighted by Gasteiger charge is 2.00. The van der Waals surface area contributed by atoms with E-state index in [1.54, 1.807) is 25.3 Å². The van der Waals surface area contributed by atoms with E-state index < -0.39 is 0 Å². The van der Waals surface area contributed by atoms with E-state index in [2.05, 4.69) is 5.32 Å². The molecule has 6 heteroatoms. The molecule has 0 amide bonds. The van der Waals surface area contributed by atoms with Gasteiger partial charge in [-0.1, -0.05) is 11.6 Å². The molecule has 1 N–H and O–H groups in total. The lowest BCUT2D eigenvalue weighted by Crippen LogP contribution is -2.13. The van der Waals surface area contributed by atoms with Gasteiger partial charge in [0, 0.05) is 13.7 Å². The van der Waals surface area contributed by atoms with Gasteiger partial charge >= 0.3 is 0 Å². The molecule has 0 aliphatic carbocycles. The van der Waals surface area contributed by atoms with Gasteiger partial charge in [-0.25, -0.2) is 0 Å². The van der Waals surface area contributed by atoms with Crippen molar-refractivity contribution in [3.8, 4) is 6.07 Å². The molecule has 1 rings (SSSR count). The lowest BCUT2D eigenvalue weighted by atomic mass is 10.2. The van der Waals surface area contributed by atoms with Crippen molar-refractivity contribution in [3.05, 3.63) is 28.8 Å². The number of nitrogens with zero attached hydrogens (tertiary/aromatic N) is 1. The van der Waals surface area contributed by atoms with Crippen LogP contribution in [0, 0.1) is 11.3 Å². The van der Waals surface area contributed by atoms with E-state index in [0.29, 0.717) is 50.2 Å². The van der Waals surface area contributed by atoms with Crippen molar-refractivity contribution >= 4 is 17.3 Å². The predicted octanol–water partition coefficient (Wildman–Crippen LogP) is 2.30. The van der Waals surface area contributed by atoms with Crippen LogP contribution in [0.25, 0.3) is 0 Å². The van der Waals surface area contributed by atoms with Crippen molar-refractivity contribution in [2.45, 2.75) is 0 Å². The molecule has 1 aromatic carbocycles. The number of hydrogen-bond donors (Lipinski definition) is 1. The maximum Gasteiger partial charge on any atom is 0.0992 e. The zero-order chi connectivity index (χ0) is 14.6. The van der Waals surface area contributed by atoms with Gasteiger partial charge in [-0.15, -0.1) is 0 Å². The number of methoxy groups -OCH3 is 1. The Bertz CT molecular complexity index is 435. The molecule has 0 aliphatic heterocycles. The Labute approximate surface area is 124 Å². The lowest BCUT2D eigenvalue weighted by molar-refractivity contribution is 0.0272. The summed E-state index contributed by atoms with van der Waals surface area (Å²) < 4.78 is 15.5. The van der Waals surface area contributed by atoms with Crippen molar-refractivity contribution < 1.29 is 14.2 Å². The first-order valence-electron chi connectivity index (χ1n) is 6.36. The average molecular weight is 299 g/mol. The van der Waals surface area contributed by atoms with Crippen LogP contribution < -0.4 is 5.32 Å². The van der Waals surface area contributed by atoms with Gasteiger partial charge in [0.1, 0.15) is 0 Å². The van der Waals surface area contributed by atoms with Gasteiger partial charge in [-0.3, -0.25) is 0 Å². The highest BCUT2D eigenvalue weighted by Crippen LogP contribution is 2.22. The van der Waals surface area contributed by atoms with Crippen LogP contribution in [0.3, 0.4) is 0 Å². The fourth-order valence-electron chi connectivity index (χ4n) is 1.45. The summed E-state index contributed by atoms with van der Waals surface area (Å²) in [4.78, 5) is 0. The van der Waals surface area contributed by atoms with Gasteiger partial charge < -0.3 is 19.5 Å². The molecule has 20 heavy (non-hydrogen) atoms. The largest absolute Gasteiger partial charge is 0.382 e. The molecule has 0 unspecified atom stereocenters. The summed E-state index contributed by atoms with van der Waals surface area (Å²) >= 11 is 6.03. The van der Waals surface area contributed by atoms with Gasteiger partial charge in [-0.2, -0.15) is 5.26 Å². The standard InChI is InChI=1S/C14H19ClN2O3/c1-18-6-7-20-9-8-19-5-4-17-14-3-2-12(11-16)10-13(14)15/h2-3,10,17H,4-9H2,1H3. The van der Waals surface area contributed by atoms with Crippen molar-refractivity contribution in [3.63, 3.8) is 0 Å². The van der Waals surface area contributed by atoms with E-state index in [4.69, 9.17) is 31.1 Å². The topological polar surface area (TPSA) is 63.5 Å². The van der Waals surface area contributed by atoms with Crippen molar-refractivity contribution in [1.82, 2.24) is 0 Å². The van der Waals surface area contributed by atoms with E-state index in [1.165, 1.54) is 0 Å². The van der Waals surface area contributed by atoms with Crippen molar-refractivity contribution in [1.29, 1.82) is 5.26 Å². The minimum atomic E-state index is 0.534. The molecule has 0 spiro atoms. The Balaban J connectivity index is 2.08. The number of anilines is 1.